The largest absolute Gasteiger partial charge is 0.481 e. The molecule has 0 aromatic rings. The first-order valence-electron chi connectivity index (χ1n) is 5.53. The van der Waals surface area contributed by atoms with E-state index < -0.39 is 28.9 Å². The number of carbonyl (C=O) groups is 3. The summed E-state index contributed by atoms with van der Waals surface area (Å²) in [7, 11) is 0. The first-order chi connectivity index (χ1) is 8.29. The van der Waals surface area contributed by atoms with E-state index in [-0.39, 0.29) is 19.5 Å². The van der Waals surface area contributed by atoms with Crippen molar-refractivity contribution in [2.75, 3.05) is 13.1 Å². The Morgan fingerprint density at radius 1 is 1.33 bits per heavy atom. The second-order valence-electron chi connectivity index (χ2n) is 4.46. The van der Waals surface area contributed by atoms with Crippen molar-refractivity contribution in [2.45, 2.75) is 25.3 Å². The number of rotatable bonds is 7. The molecular weight excluding hydrogens is 242 g/mol. The molecule has 6 N–H and O–H groups in total. The van der Waals surface area contributed by atoms with Crippen LogP contribution in [0.5, 0.6) is 0 Å². The molecule has 0 aromatic heterocycles. The molecular formula is C10H17N3O5. The summed E-state index contributed by atoms with van der Waals surface area (Å²) in [5.41, 5.74) is 2.95. The van der Waals surface area contributed by atoms with Gasteiger partial charge in [0, 0.05) is 6.54 Å². The van der Waals surface area contributed by atoms with Gasteiger partial charge in [-0.2, -0.15) is 0 Å². The van der Waals surface area contributed by atoms with Gasteiger partial charge in [-0.15, -0.1) is 0 Å². The molecule has 2 atom stereocenters. The van der Waals surface area contributed by atoms with Crippen molar-refractivity contribution in [2.24, 2.45) is 11.1 Å². The van der Waals surface area contributed by atoms with Crippen molar-refractivity contribution < 1.29 is 24.6 Å². The summed E-state index contributed by atoms with van der Waals surface area (Å²) in [5, 5.41) is 22.9. The van der Waals surface area contributed by atoms with Crippen molar-refractivity contribution in [1.29, 1.82) is 0 Å². The number of aliphatic carboxylic acids is 2. The van der Waals surface area contributed by atoms with E-state index in [0.717, 1.165) is 0 Å². The summed E-state index contributed by atoms with van der Waals surface area (Å²) in [4.78, 5) is 32.5. The Hall–Kier alpha value is -1.83. The lowest BCUT2D eigenvalue weighted by Gasteiger charge is -2.23. The number of hydrogen-bond donors (Lipinski definition) is 5. The number of carboxylic acids is 2. The van der Waals surface area contributed by atoms with E-state index >= 15 is 0 Å². The SMILES string of the molecule is CCC1(C(=O)O)CC1(CNC(N)=O)NCC(=O)O. The zero-order chi connectivity index (χ0) is 14.0. The average Bonchev–Trinajstić information content (AvgIpc) is 2.94. The number of primary amides is 1. The van der Waals surface area contributed by atoms with Crippen LogP contribution in [0.3, 0.4) is 0 Å². The average molecular weight is 259 g/mol. The van der Waals surface area contributed by atoms with Gasteiger partial charge in [-0.25, -0.2) is 4.79 Å². The van der Waals surface area contributed by atoms with Gasteiger partial charge in [-0.1, -0.05) is 6.92 Å². The van der Waals surface area contributed by atoms with E-state index in [1.165, 1.54) is 0 Å². The zero-order valence-electron chi connectivity index (χ0n) is 10.0. The molecule has 0 spiro atoms. The Kier molecular flexibility index (Phi) is 3.80. The van der Waals surface area contributed by atoms with Gasteiger partial charge in [-0.05, 0) is 12.8 Å². The highest BCUT2D eigenvalue weighted by Crippen LogP contribution is 2.58. The smallest absolute Gasteiger partial charge is 0.317 e. The molecule has 102 valence electrons. The fraction of sp³-hybridized carbons (Fsp3) is 0.700. The summed E-state index contributed by atoms with van der Waals surface area (Å²) < 4.78 is 0. The molecule has 1 aliphatic carbocycles. The molecule has 8 heteroatoms. The van der Waals surface area contributed by atoms with Gasteiger partial charge >= 0.3 is 18.0 Å². The third-order valence-corrected chi connectivity index (χ3v) is 3.55. The van der Waals surface area contributed by atoms with Gasteiger partial charge in [-0.3, -0.25) is 14.9 Å². The summed E-state index contributed by atoms with van der Waals surface area (Å²) in [5.74, 6) is -2.09. The molecule has 0 bridgehead atoms. The van der Waals surface area contributed by atoms with Crippen LogP contribution in [0.25, 0.3) is 0 Å². The van der Waals surface area contributed by atoms with E-state index in [4.69, 9.17) is 10.8 Å². The minimum absolute atomic E-state index is 0.00421. The summed E-state index contributed by atoms with van der Waals surface area (Å²) >= 11 is 0. The van der Waals surface area contributed by atoms with Gasteiger partial charge in [0.1, 0.15) is 0 Å². The summed E-state index contributed by atoms with van der Waals surface area (Å²) in [6.07, 6.45) is 0.606. The maximum Gasteiger partial charge on any atom is 0.317 e. The van der Waals surface area contributed by atoms with Crippen LogP contribution >= 0.6 is 0 Å². The quantitative estimate of drug-likeness (QED) is 0.395. The highest BCUT2D eigenvalue weighted by molar-refractivity contribution is 5.82. The normalized spacial score (nSPS) is 29.6. The van der Waals surface area contributed by atoms with Crippen LogP contribution in [0, 0.1) is 5.41 Å². The van der Waals surface area contributed by atoms with Crippen molar-refractivity contribution in [1.82, 2.24) is 10.6 Å². The van der Waals surface area contributed by atoms with Crippen LogP contribution in [-0.4, -0.2) is 46.8 Å². The maximum atomic E-state index is 11.3. The van der Waals surface area contributed by atoms with E-state index in [9.17, 15) is 19.5 Å². The Morgan fingerprint density at radius 2 is 1.94 bits per heavy atom. The Balaban J connectivity index is 2.81. The molecule has 0 aromatic carbocycles. The molecule has 8 nitrogen and oxygen atoms in total. The molecule has 1 aliphatic rings. The predicted octanol–water partition coefficient (Wildman–Crippen LogP) is -1.05. The maximum absolute atomic E-state index is 11.3. The van der Waals surface area contributed by atoms with Gasteiger partial charge in [0.25, 0.3) is 0 Å². The Bertz CT molecular complexity index is 366. The van der Waals surface area contributed by atoms with Gasteiger partial charge in [0.15, 0.2) is 0 Å². The standard InChI is InChI=1S/C10H17N3O5/c1-2-9(7(16)17)4-10(9,5-12-8(11)18)13-3-6(14)15/h13H,2-5H2,1H3,(H,14,15)(H,16,17)(H3,11,12,18). The number of urea groups is 1. The number of nitrogens with one attached hydrogen (secondary N) is 2. The summed E-state index contributed by atoms with van der Waals surface area (Å²) in [6.45, 7) is 1.34. The van der Waals surface area contributed by atoms with Crippen LogP contribution < -0.4 is 16.4 Å². The fourth-order valence-electron chi connectivity index (χ4n) is 2.37. The van der Waals surface area contributed by atoms with Gasteiger partial charge in [0.05, 0.1) is 17.5 Å². The second-order valence-corrected chi connectivity index (χ2v) is 4.46. The number of carboxylic acid groups (broad SMARTS) is 2. The molecule has 0 aliphatic heterocycles. The van der Waals surface area contributed by atoms with E-state index in [2.05, 4.69) is 10.6 Å². The lowest BCUT2D eigenvalue weighted by molar-refractivity contribution is -0.145. The van der Waals surface area contributed by atoms with Crippen LogP contribution in [0.1, 0.15) is 19.8 Å². The van der Waals surface area contributed by atoms with E-state index in [0.29, 0.717) is 6.42 Å². The summed E-state index contributed by atoms with van der Waals surface area (Å²) in [6, 6.07) is -0.770. The molecule has 0 heterocycles. The minimum Gasteiger partial charge on any atom is -0.481 e. The van der Waals surface area contributed by atoms with Gasteiger partial charge in [0.2, 0.25) is 0 Å². The number of nitrogens with two attached hydrogens (primary N) is 1. The molecule has 2 unspecified atom stereocenters. The van der Waals surface area contributed by atoms with Crippen LogP contribution in [-0.2, 0) is 9.59 Å². The molecule has 0 radical (unpaired) electrons. The second kappa shape index (κ2) is 4.81. The molecule has 1 fully saturated rings. The first kappa shape index (κ1) is 14.2. The van der Waals surface area contributed by atoms with Gasteiger partial charge < -0.3 is 21.3 Å². The molecule has 1 saturated carbocycles. The monoisotopic (exact) mass is 259 g/mol. The van der Waals surface area contributed by atoms with Crippen molar-refractivity contribution in [3.8, 4) is 0 Å². The van der Waals surface area contributed by atoms with E-state index in [1.807, 2.05) is 0 Å². The zero-order valence-corrected chi connectivity index (χ0v) is 10.0. The van der Waals surface area contributed by atoms with Crippen molar-refractivity contribution in [3.63, 3.8) is 0 Å². The third-order valence-electron chi connectivity index (χ3n) is 3.55. The van der Waals surface area contributed by atoms with Crippen molar-refractivity contribution >= 4 is 18.0 Å². The highest BCUT2D eigenvalue weighted by atomic mass is 16.4. The lowest BCUT2D eigenvalue weighted by atomic mass is 9.96. The van der Waals surface area contributed by atoms with Crippen molar-refractivity contribution in [3.05, 3.63) is 0 Å². The molecule has 1 rings (SSSR count). The topological polar surface area (TPSA) is 142 Å². The van der Waals surface area contributed by atoms with Crippen LogP contribution in [0.4, 0.5) is 4.79 Å². The third kappa shape index (κ3) is 2.37. The van der Waals surface area contributed by atoms with E-state index in [1.54, 1.807) is 6.92 Å². The Morgan fingerprint density at radius 3 is 2.28 bits per heavy atom. The molecule has 2 amide bonds. The number of amides is 2. The predicted molar refractivity (Wildman–Crippen MR) is 60.9 cm³/mol. The number of carbonyl (C=O) groups excluding carboxylic acids is 1. The molecule has 0 saturated heterocycles. The lowest BCUT2D eigenvalue weighted by Crippen LogP contribution is -2.51. The van der Waals surface area contributed by atoms with Crippen LogP contribution in [0.15, 0.2) is 0 Å². The number of hydrogen-bond acceptors (Lipinski definition) is 4. The fourth-order valence-corrected chi connectivity index (χ4v) is 2.37. The first-order valence-corrected chi connectivity index (χ1v) is 5.53. The molecule has 18 heavy (non-hydrogen) atoms. The minimum atomic E-state index is -1.09. The van der Waals surface area contributed by atoms with Crippen LogP contribution in [0.2, 0.25) is 0 Å². The highest BCUT2D eigenvalue weighted by Gasteiger charge is 2.71. The Labute approximate surface area is 104 Å².